The van der Waals surface area contributed by atoms with Gasteiger partial charge >= 0.3 is 0 Å². The van der Waals surface area contributed by atoms with Gasteiger partial charge in [-0.2, -0.15) is 0 Å². The van der Waals surface area contributed by atoms with Crippen LogP contribution < -0.4 is 5.32 Å². The molecule has 98 valence electrons. The van der Waals surface area contributed by atoms with Gasteiger partial charge in [-0.15, -0.1) is 0 Å². The summed E-state index contributed by atoms with van der Waals surface area (Å²) in [4.78, 5) is 13.8. The molecular weight excluding hydrogens is 216 g/mol. The molecule has 1 amide bonds. The molecule has 1 N–H and O–H groups in total. The van der Waals surface area contributed by atoms with E-state index in [1.165, 1.54) is 0 Å². The third-order valence-corrected chi connectivity index (χ3v) is 3.15. The first-order valence-corrected chi connectivity index (χ1v) is 6.19. The Morgan fingerprint density at radius 1 is 1.59 bits per heavy atom. The van der Waals surface area contributed by atoms with Crippen LogP contribution in [0.1, 0.15) is 20.3 Å². The van der Waals surface area contributed by atoms with E-state index in [0.717, 1.165) is 26.1 Å². The van der Waals surface area contributed by atoms with Gasteiger partial charge in [-0.05, 0) is 19.9 Å². The smallest absolute Gasteiger partial charge is 0.234 e. The van der Waals surface area contributed by atoms with E-state index in [1.807, 2.05) is 19.1 Å². The molecule has 0 unspecified atom stereocenters. The Labute approximate surface area is 104 Å². The van der Waals surface area contributed by atoms with Crippen molar-refractivity contribution in [3.63, 3.8) is 0 Å². The summed E-state index contributed by atoms with van der Waals surface area (Å²) in [5.74, 6) is 0.102. The van der Waals surface area contributed by atoms with E-state index in [0.29, 0.717) is 13.1 Å². The van der Waals surface area contributed by atoms with Crippen LogP contribution in [-0.4, -0.2) is 50.7 Å². The minimum atomic E-state index is 0.102. The lowest BCUT2D eigenvalue weighted by atomic mass is 9.91. The van der Waals surface area contributed by atoms with Crippen LogP contribution in [0.15, 0.2) is 12.2 Å². The van der Waals surface area contributed by atoms with Crippen LogP contribution in [-0.2, 0) is 9.53 Å². The Morgan fingerprint density at radius 2 is 2.35 bits per heavy atom. The zero-order valence-corrected chi connectivity index (χ0v) is 11.2. The average molecular weight is 240 g/mol. The topological polar surface area (TPSA) is 41.6 Å². The molecule has 1 rings (SSSR count). The second-order valence-corrected chi connectivity index (χ2v) is 5.08. The highest BCUT2D eigenvalue weighted by molar-refractivity contribution is 5.78. The van der Waals surface area contributed by atoms with Gasteiger partial charge in [0.1, 0.15) is 0 Å². The van der Waals surface area contributed by atoms with Crippen molar-refractivity contribution in [3.05, 3.63) is 12.2 Å². The summed E-state index contributed by atoms with van der Waals surface area (Å²) in [5, 5.41) is 2.87. The van der Waals surface area contributed by atoms with E-state index < -0.39 is 0 Å². The number of amides is 1. The van der Waals surface area contributed by atoms with Gasteiger partial charge in [0.25, 0.3) is 0 Å². The van der Waals surface area contributed by atoms with Crippen molar-refractivity contribution in [2.75, 3.05) is 39.9 Å². The number of likely N-dealkylation sites (tertiary alicyclic amines) is 1. The van der Waals surface area contributed by atoms with Crippen LogP contribution in [0.3, 0.4) is 0 Å². The van der Waals surface area contributed by atoms with Crippen LogP contribution in [0.4, 0.5) is 0 Å². The van der Waals surface area contributed by atoms with Crippen molar-refractivity contribution in [2.24, 2.45) is 5.41 Å². The summed E-state index contributed by atoms with van der Waals surface area (Å²) >= 11 is 0. The number of nitrogens with zero attached hydrogens (tertiary/aromatic N) is 1. The molecule has 0 bridgehead atoms. The van der Waals surface area contributed by atoms with Crippen molar-refractivity contribution in [2.45, 2.75) is 20.3 Å². The molecule has 1 atom stereocenters. The van der Waals surface area contributed by atoms with Crippen molar-refractivity contribution in [1.82, 2.24) is 10.2 Å². The molecule has 17 heavy (non-hydrogen) atoms. The third-order valence-electron chi connectivity index (χ3n) is 3.15. The van der Waals surface area contributed by atoms with Crippen LogP contribution in [0.25, 0.3) is 0 Å². The summed E-state index contributed by atoms with van der Waals surface area (Å²) in [6, 6.07) is 0. The van der Waals surface area contributed by atoms with E-state index in [-0.39, 0.29) is 11.3 Å². The van der Waals surface area contributed by atoms with E-state index in [2.05, 4.69) is 17.1 Å². The van der Waals surface area contributed by atoms with Crippen LogP contribution in [0.2, 0.25) is 0 Å². The zero-order chi connectivity index (χ0) is 12.7. The Bertz CT molecular complexity index is 279. The first-order valence-electron chi connectivity index (χ1n) is 6.19. The van der Waals surface area contributed by atoms with Crippen LogP contribution in [0, 0.1) is 5.41 Å². The highest BCUT2D eigenvalue weighted by Crippen LogP contribution is 2.29. The van der Waals surface area contributed by atoms with Crippen molar-refractivity contribution < 1.29 is 9.53 Å². The Morgan fingerprint density at radius 3 is 3.00 bits per heavy atom. The van der Waals surface area contributed by atoms with Gasteiger partial charge in [-0.3, -0.25) is 9.69 Å². The largest absolute Gasteiger partial charge is 0.384 e. The molecule has 0 saturated carbocycles. The summed E-state index contributed by atoms with van der Waals surface area (Å²) in [6.45, 7) is 7.98. The minimum Gasteiger partial charge on any atom is -0.384 e. The Hall–Kier alpha value is -0.870. The van der Waals surface area contributed by atoms with E-state index >= 15 is 0 Å². The van der Waals surface area contributed by atoms with Crippen LogP contribution >= 0.6 is 0 Å². The summed E-state index contributed by atoms with van der Waals surface area (Å²) in [6.07, 6.45) is 4.98. The maximum Gasteiger partial charge on any atom is 0.234 e. The molecule has 0 aromatic carbocycles. The highest BCUT2D eigenvalue weighted by atomic mass is 16.5. The van der Waals surface area contributed by atoms with Gasteiger partial charge in [0.2, 0.25) is 5.91 Å². The molecule has 1 aliphatic heterocycles. The van der Waals surface area contributed by atoms with Crippen LogP contribution in [0.5, 0.6) is 0 Å². The first-order chi connectivity index (χ1) is 8.09. The summed E-state index contributed by atoms with van der Waals surface area (Å²) in [5.41, 5.74) is 0.207. The molecule has 4 nitrogen and oxygen atoms in total. The van der Waals surface area contributed by atoms with Crippen molar-refractivity contribution in [1.29, 1.82) is 0 Å². The summed E-state index contributed by atoms with van der Waals surface area (Å²) < 4.78 is 5.23. The number of hydrogen-bond donors (Lipinski definition) is 1. The van der Waals surface area contributed by atoms with Crippen molar-refractivity contribution >= 4 is 5.91 Å². The second-order valence-electron chi connectivity index (χ2n) is 5.08. The van der Waals surface area contributed by atoms with E-state index in [1.54, 1.807) is 7.11 Å². The van der Waals surface area contributed by atoms with Gasteiger partial charge in [-0.25, -0.2) is 0 Å². The number of carbonyl (C=O) groups is 1. The van der Waals surface area contributed by atoms with E-state index in [4.69, 9.17) is 4.74 Å². The lowest BCUT2D eigenvalue weighted by Gasteiger charge is -2.23. The minimum absolute atomic E-state index is 0.102. The molecule has 4 heteroatoms. The molecule has 1 fully saturated rings. The molecule has 0 spiro atoms. The lowest BCUT2D eigenvalue weighted by molar-refractivity contribution is -0.121. The molecule has 1 aliphatic rings. The molecular formula is C13H24N2O2. The van der Waals surface area contributed by atoms with Gasteiger partial charge < -0.3 is 10.1 Å². The first kappa shape index (κ1) is 14.2. The highest BCUT2D eigenvalue weighted by Gasteiger charge is 2.34. The summed E-state index contributed by atoms with van der Waals surface area (Å²) in [7, 11) is 1.73. The Kier molecular flexibility index (Phi) is 5.65. The zero-order valence-electron chi connectivity index (χ0n) is 11.2. The van der Waals surface area contributed by atoms with Gasteiger partial charge in [0, 0.05) is 25.6 Å². The fraction of sp³-hybridized carbons (Fsp3) is 0.769. The molecule has 0 radical (unpaired) electrons. The quantitative estimate of drug-likeness (QED) is 0.705. The number of ether oxygens (including phenoxy) is 1. The third kappa shape index (κ3) is 4.88. The number of rotatable bonds is 6. The SMILES string of the molecule is C/C=C/CNC(=O)CN1CC[C@](C)(COC)C1. The fourth-order valence-electron chi connectivity index (χ4n) is 2.28. The average Bonchev–Trinajstić information content (AvgIpc) is 2.61. The predicted octanol–water partition coefficient (Wildman–Crippen LogP) is 1.04. The van der Waals surface area contributed by atoms with Gasteiger partial charge in [-0.1, -0.05) is 19.1 Å². The standard InChI is InChI=1S/C13H24N2O2/c1-4-5-7-14-12(16)9-15-8-6-13(2,10-15)11-17-3/h4-5H,6-11H2,1-3H3,(H,14,16)/b5-4+/t13-/m0/s1. The monoisotopic (exact) mass is 240 g/mol. The predicted molar refractivity (Wildman–Crippen MR) is 68.9 cm³/mol. The molecule has 0 aromatic heterocycles. The van der Waals surface area contributed by atoms with E-state index in [9.17, 15) is 4.79 Å². The second kappa shape index (κ2) is 6.77. The number of methoxy groups -OCH3 is 1. The van der Waals surface area contributed by atoms with Crippen molar-refractivity contribution in [3.8, 4) is 0 Å². The molecule has 0 aliphatic carbocycles. The maximum atomic E-state index is 11.6. The molecule has 0 aromatic rings. The number of hydrogen-bond acceptors (Lipinski definition) is 3. The number of allylic oxidation sites excluding steroid dienone is 1. The van der Waals surface area contributed by atoms with Gasteiger partial charge in [0.15, 0.2) is 0 Å². The maximum absolute atomic E-state index is 11.6. The molecule has 1 saturated heterocycles. The molecule has 1 heterocycles. The Balaban J connectivity index is 2.27. The van der Waals surface area contributed by atoms with Gasteiger partial charge in [0.05, 0.1) is 13.2 Å². The fourth-order valence-corrected chi connectivity index (χ4v) is 2.28. The number of nitrogens with one attached hydrogen (secondary N) is 1. The normalized spacial score (nSPS) is 25.6. The lowest BCUT2D eigenvalue weighted by Crippen LogP contribution is -2.37. The number of carbonyl (C=O) groups excluding carboxylic acids is 1.